The minimum atomic E-state index is 0.0877. The standard InChI is InChI=1S/C18H28N2O4/c1-13-9-20(10-14(2)24-13)18(21)12-19(3)11-15-6-7-16(22-4)8-17(15)23-5/h6-8,13-14H,9-12H2,1-5H3. The molecule has 1 aliphatic heterocycles. The average Bonchev–Trinajstić information content (AvgIpc) is 2.54. The molecule has 1 heterocycles. The normalized spacial score (nSPS) is 21.0. The Balaban J connectivity index is 1.95. The Bertz CT molecular complexity index is 554. The molecule has 1 aliphatic rings. The van der Waals surface area contributed by atoms with Gasteiger partial charge in [-0.2, -0.15) is 0 Å². The molecule has 24 heavy (non-hydrogen) atoms. The SMILES string of the molecule is COc1ccc(CN(C)CC(=O)N2CC(C)OC(C)C2)c(OC)c1. The van der Waals surface area contributed by atoms with Gasteiger partial charge in [-0.15, -0.1) is 0 Å². The molecule has 2 rings (SSSR count). The quantitative estimate of drug-likeness (QED) is 0.792. The fraction of sp³-hybridized carbons (Fsp3) is 0.611. The van der Waals surface area contributed by atoms with Gasteiger partial charge in [0.1, 0.15) is 11.5 Å². The van der Waals surface area contributed by atoms with E-state index < -0.39 is 0 Å². The number of hydrogen-bond donors (Lipinski definition) is 0. The number of benzene rings is 1. The molecule has 1 aromatic rings. The summed E-state index contributed by atoms with van der Waals surface area (Å²) in [6, 6.07) is 5.73. The van der Waals surface area contributed by atoms with Crippen LogP contribution in [-0.4, -0.2) is 68.8 Å². The summed E-state index contributed by atoms with van der Waals surface area (Å²) in [7, 11) is 5.21. The number of methoxy groups -OCH3 is 2. The molecule has 0 spiro atoms. The Morgan fingerprint density at radius 3 is 2.50 bits per heavy atom. The Labute approximate surface area is 144 Å². The second kappa shape index (κ2) is 8.35. The third-order valence-corrected chi connectivity index (χ3v) is 4.11. The lowest BCUT2D eigenvalue weighted by atomic mass is 10.1. The highest BCUT2D eigenvalue weighted by Crippen LogP contribution is 2.25. The molecule has 6 heteroatoms. The maximum atomic E-state index is 12.5. The van der Waals surface area contributed by atoms with Crippen molar-refractivity contribution in [1.82, 2.24) is 9.80 Å². The summed E-state index contributed by atoms with van der Waals surface area (Å²) in [5, 5.41) is 0. The van der Waals surface area contributed by atoms with E-state index in [0.717, 1.165) is 17.1 Å². The van der Waals surface area contributed by atoms with Crippen LogP contribution in [0.5, 0.6) is 11.5 Å². The summed E-state index contributed by atoms with van der Waals surface area (Å²) in [5.74, 6) is 1.65. The van der Waals surface area contributed by atoms with E-state index in [0.29, 0.717) is 26.2 Å². The first-order valence-corrected chi connectivity index (χ1v) is 8.25. The lowest BCUT2D eigenvalue weighted by molar-refractivity contribution is -0.144. The van der Waals surface area contributed by atoms with Gasteiger partial charge in [0.25, 0.3) is 0 Å². The second-order valence-electron chi connectivity index (χ2n) is 6.41. The zero-order valence-corrected chi connectivity index (χ0v) is 15.2. The van der Waals surface area contributed by atoms with Gasteiger partial charge in [0, 0.05) is 31.3 Å². The summed E-state index contributed by atoms with van der Waals surface area (Å²) >= 11 is 0. The summed E-state index contributed by atoms with van der Waals surface area (Å²) in [6.07, 6.45) is 0.175. The zero-order valence-electron chi connectivity index (χ0n) is 15.2. The summed E-state index contributed by atoms with van der Waals surface area (Å²) in [4.78, 5) is 16.4. The predicted molar refractivity (Wildman–Crippen MR) is 92.5 cm³/mol. The minimum Gasteiger partial charge on any atom is -0.497 e. The number of likely N-dealkylation sites (N-methyl/N-ethyl adjacent to an activating group) is 1. The molecule has 0 aliphatic carbocycles. The first-order chi connectivity index (χ1) is 11.4. The van der Waals surface area contributed by atoms with Crippen LogP contribution in [0.3, 0.4) is 0 Å². The molecule has 0 aromatic heterocycles. The third kappa shape index (κ3) is 4.85. The van der Waals surface area contributed by atoms with E-state index in [2.05, 4.69) is 0 Å². The molecule has 2 atom stereocenters. The molecule has 1 saturated heterocycles. The van der Waals surface area contributed by atoms with Crippen molar-refractivity contribution in [1.29, 1.82) is 0 Å². The molecule has 0 N–H and O–H groups in total. The number of rotatable bonds is 6. The lowest BCUT2D eigenvalue weighted by Crippen LogP contribution is -2.50. The van der Waals surface area contributed by atoms with Crippen LogP contribution >= 0.6 is 0 Å². The van der Waals surface area contributed by atoms with E-state index in [1.165, 1.54) is 0 Å². The molecule has 0 radical (unpaired) electrons. The van der Waals surface area contributed by atoms with Crippen molar-refractivity contribution >= 4 is 5.91 Å². The van der Waals surface area contributed by atoms with Crippen LogP contribution in [0.1, 0.15) is 19.4 Å². The fourth-order valence-corrected chi connectivity index (χ4v) is 3.04. The largest absolute Gasteiger partial charge is 0.497 e. The van der Waals surface area contributed by atoms with Gasteiger partial charge < -0.3 is 19.1 Å². The van der Waals surface area contributed by atoms with Gasteiger partial charge in [0.05, 0.1) is 33.0 Å². The van der Waals surface area contributed by atoms with Crippen LogP contribution in [0.4, 0.5) is 0 Å². The molecule has 6 nitrogen and oxygen atoms in total. The fourth-order valence-electron chi connectivity index (χ4n) is 3.04. The van der Waals surface area contributed by atoms with E-state index in [1.807, 2.05) is 48.9 Å². The zero-order chi connectivity index (χ0) is 17.7. The number of nitrogens with zero attached hydrogens (tertiary/aromatic N) is 2. The number of carbonyl (C=O) groups excluding carboxylic acids is 1. The van der Waals surface area contributed by atoms with E-state index >= 15 is 0 Å². The maximum Gasteiger partial charge on any atom is 0.236 e. The van der Waals surface area contributed by atoms with Crippen molar-refractivity contribution in [2.24, 2.45) is 0 Å². The molecule has 1 aromatic carbocycles. The van der Waals surface area contributed by atoms with Gasteiger partial charge in [0.15, 0.2) is 0 Å². The molecule has 1 fully saturated rings. The van der Waals surface area contributed by atoms with Crippen molar-refractivity contribution < 1.29 is 19.0 Å². The highest BCUT2D eigenvalue weighted by molar-refractivity contribution is 5.78. The van der Waals surface area contributed by atoms with Crippen LogP contribution < -0.4 is 9.47 Å². The van der Waals surface area contributed by atoms with Gasteiger partial charge in [-0.3, -0.25) is 9.69 Å². The monoisotopic (exact) mass is 336 g/mol. The van der Waals surface area contributed by atoms with Crippen LogP contribution in [0.2, 0.25) is 0 Å². The maximum absolute atomic E-state index is 12.5. The van der Waals surface area contributed by atoms with Crippen LogP contribution in [-0.2, 0) is 16.1 Å². The van der Waals surface area contributed by atoms with E-state index in [1.54, 1.807) is 14.2 Å². The average molecular weight is 336 g/mol. The van der Waals surface area contributed by atoms with Crippen molar-refractivity contribution in [3.05, 3.63) is 23.8 Å². The van der Waals surface area contributed by atoms with Gasteiger partial charge in [-0.25, -0.2) is 0 Å². The van der Waals surface area contributed by atoms with Gasteiger partial charge in [0.2, 0.25) is 5.91 Å². The summed E-state index contributed by atoms with van der Waals surface area (Å²) in [5.41, 5.74) is 1.03. The van der Waals surface area contributed by atoms with E-state index in [9.17, 15) is 4.79 Å². The van der Waals surface area contributed by atoms with Crippen molar-refractivity contribution in [2.45, 2.75) is 32.6 Å². The molecule has 0 saturated carbocycles. The Hall–Kier alpha value is -1.79. The molecule has 134 valence electrons. The Morgan fingerprint density at radius 1 is 1.25 bits per heavy atom. The number of hydrogen-bond acceptors (Lipinski definition) is 5. The number of ether oxygens (including phenoxy) is 3. The minimum absolute atomic E-state index is 0.0877. The number of amides is 1. The van der Waals surface area contributed by atoms with Crippen LogP contribution in [0.25, 0.3) is 0 Å². The molecular formula is C18H28N2O4. The van der Waals surface area contributed by atoms with E-state index in [-0.39, 0.29) is 18.1 Å². The first-order valence-electron chi connectivity index (χ1n) is 8.25. The molecule has 0 bridgehead atoms. The predicted octanol–water partition coefficient (Wildman–Crippen LogP) is 1.77. The van der Waals surface area contributed by atoms with Gasteiger partial charge >= 0.3 is 0 Å². The number of morpholine rings is 1. The molecule has 1 amide bonds. The van der Waals surface area contributed by atoms with Crippen molar-refractivity contribution in [3.63, 3.8) is 0 Å². The number of carbonyl (C=O) groups is 1. The van der Waals surface area contributed by atoms with Crippen molar-refractivity contribution in [2.75, 3.05) is 40.9 Å². The molecule has 2 unspecified atom stereocenters. The lowest BCUT2D eigenvalue weighted by Gasteiger charge is -2.36. The second-order valence-corrected chi connectivity index (χ2v) is 6.41. The van der Waals surface area contributed by atoms with Crippen LogP contribution in [0, 0.1) is 0 Å². The summed E-state index contributed by atoms with van der Waals surface area (Å²) < 4.78 is 16.3. The van der Waals surface area contributed by atoms with Crippen LogP contribution in [0.15, 0.2) is 18.2 Å². The Kier molecular flexibility index (Phi) is 6.45. The summed E-state index contributed by atoms with van der Waals surface area (Å²) in [6.45, 7) is 6.32. The van der Waals surface area contributed by atoms with Gasteiger partial charge in [-0.1, -0.05) is 6.07 Å². The van der Waals surface area contributed by atoms with Crippen molar-refractivity contribution in [3.8, 4) is 11.5 Å². The third-order valence-electron chi connectivity index (χ3n) is 4.11. The first kappa shape index (κ1) is 18.5. The highest BCUT2D eigenvalue weighted by Gasteiger charge is 2.26. The Morgan fingerprint density at radius 2 is 1.92 bits per heavy atom. The van der Waals surface area contributed by atoms with E-state index in [4.69, 9.17) is 14.2 Å². The van der Waals surface area contributed by atoms with Gasteiger partial charge in [-0.05, 0) is 27.0 Å². The smallest absolute Gasteiger partial charge is 0.236 e. The topological polar surface area (TPSA) is 51.2 Å². The molecular weight excluding hydrogens is 308 g/mol. The highest BCUT2D eigenvalue weighted by atomic mass is 16.5.